The van der Waals surface area contributed by atoms with Crippen LogP contribution in [0.1, 0.15) is 0 Å². The van der Waals surface area contributed by atoms with E-state index in [4.69, 9.17) is 68.0 Å². The van der Waals surface area contributed by atoms with E-state index in [-0.39, 0.29) is 0 Å². The van der Waals surface area contributed by atoms with E-state index in [1.807, 2.05) is 0 Å². The molecule has 0 saturated carbocycles. The Kier molecular flexibility index (Phi) is 41.5. The molecule has 0 N–H and O–H groups in total. The zero-order valence-corrected chi connectivity index (χ0v) is 28.0. The molecular weight excluding hydrogens is 683 g/mol. The van der Waals surface area contributed by atoms with Crippen LogP contribution in [0.4, 0.5) is 0 Å². The highest BCUT2D eigenvalue weighted by Gasteiger charge is 1.96. The monoisotopic (exact) mass is 738 g/mol. The molecule has 0 saturated heterocycles. The Balaban J connectivity index is 3.03. The summed E-state index contributed by atoms with van der Waals surface area (Å²) in [6.45, 7) is 13.7. The summed E-state index contributed by atoms with van der Waals surface area (Å²) in [7, 11) is 0. The van der Waals surface area contributed by atoms with Gasteiger partial charge >= 0.3 is 0 Å². The largest absolute Gasteiger partial charge is 0.378 e. The van der Waals surface area contributed by atoms with E-state index in [0.29, 0.717) is 165 Å². The Morgan fingerprint density at radius 2 is 0.442 bits per heavy atom. The molecule has 0 aliphatic heterocycles. The number of rotatable bonds is 39. The van der Waals surface area contributed by atoms with Crippen LogP contribution in [0.25, 0.3) is 0 Å². The number of alkyl halides is 1. The van der Waals surface area contributed by atoms with Gasteiger partial charge in [0.15, 0.2) is 0 Å². The summed E-state index contributed by atoms with van der Waals surface area (Å²) in [4.78, 5) is 0. The number of hydrogen-bond acceptors (Lipinski definition) is 13. The first-order valence-electron chi connectivity index (χ1n) is 14.9. The first-order valence-corrected chi connectivity index (χ1v) is 16.4. The van der Waals surface area contributed by atoms with Crippen molar-refractivity contribution in [3.8, 4) is 12.3 Å². The molecule has 0 heterocycles. The minimum absolute atomic E-state index is 0.308. The van der Waals surface area contributed by atoms with Crippen molar-refractivity contribution in [3.05, 3.63) is 0 Å². The maximum Gasteiger partial charge on any atom is 0.107 e. The average molecular weight is 739 g/mol. The van der Waals surface area contributed by atoms with Crippen LogP contribution in [0.2, 0.25) is 0 Å². The van der Waals surface area contributed by atoms with E-state index in [9.17, 15) is 0 Å². The molecule has 0 bridgehead atoms. The second-order valence-electron chi connectivity index (χ2n) is 8.29. The zero-order chi connectivity index (χ0) is 31.0. The highest BCUT2D eigenvalue weighted by Crippen LogP contribution is 1.88. The SMILES string of the molecule is C#CCOCCOCCOCCOCCOCCOCCOCCOCCOCCOCCOCCOCCOCCI. The summed E-state index contributed by atoms with van der Waals surface area (Å²) in [6, 6.07) is 0. The molecule has 0 rings (SSSR count). The summed E-state index contributed by atoms with van der Waals surface area (Å²) in [5.74, 6) is 2.40. The number of terminal acetylenes is 1. The predicted octanol–water partition coefficient (Wildman–Crippen LogP) is 1.27. The summed E-state index contributed by atoms with van der Waals surface area (Å²) in [5, 5.41) is 0. The van der Waals surface area contributed by atoms with Crippen LogP contribution in [-0.2, 0) is 61.6 Å². The summed E-state index contributed by atoms with van der Waals surface area (Å²) < 4.78 is 71.2. The van der Waals surface area contributed by atoms with Gasteiger partial charge in [-0.1, -0.05) is 28.5 Å². The molecule has 256 valence electrons. The molecule has 13 nitrogen and oxygen atoms in total. The maximum atomic E-state index is 5.47. The van der Waals surface area contributed by atoms with Crippen molar-refractivity contribution in [2.45, 2.75) is 0 Å². The zero-order valence-electron chi connectivity index (χ0n) is 25.9. The molecule has 0 aromatic carbocycles. The third-order valence-electron chi connectivity index (χ3n) is 4.87. The molecule has 0 unspecified atom stereocenters. The third kappa shape index (κ3) is 41.8. The fourth-order valence-electron chi connectivity index (χ4n) is 2.82. The van der Waals surface area contributed by atoms with Crippen molar-refractivity contribution in [1.29, 1.82) is 0 Å². The smallest absolute Gasteiger partial charge is 0.107 e. The lowest BCUT2D eigenvalue weighted by molar-refractivity contribution is -0.0287. The molecule has 14 heteroatoms. The lowest BCUT2D eigenvalue weighted by Gasteiger charge is -2.09. The van der Waals surface area contributed by atoms with Gasteiger partial charge in [-0.05, 0) is 0 Å². The summed E-state index contributed by atoms with van der Waals surface area (Å²) in [5.41, 5.74) is 0. The van der Waals surface area contributed by atoms with Crippen LogP contribution in [0.15, 0.2) is 0 Å². The van der Waals surface area contributed by atoms with Crippen LogP contribution in [0.3, 0.4) is 0 Å². The van der Waals surface area contributed by atoms with E-state index in [1.54, 1.807) is 0 Å². The molecule has 0 aromatic rings. The Hall–Kier alpha value is -0.230. The fraction of sp³-hybridized carbons (Fsp3) is 0.931. The van der Waals surface area contributed by atoms with Gasteiger partial charge in [0.25, 0.3) is 0 Å². The van der Waals surface area contributed by atoms with Gasteiger partial charge in [0, 0.05) is 4.43 Å². The van der Waals surface area contributed by atoms with Gasteiger partial charge in [-0.25, -0.2) is 0 Å². The second-order valence-corrected chi connectivity index (χ2v) is 9.37. The van der Waals surface area contributed by atoms with Crippen molar-refractivity contribution in [1.82, 2.24) is 0 Å². The van der Waals surface area contributed by atoms with Crippen LogP contribution in [0, 0.1) is 12.3 Å². The Morgan fingerprint density at radius 3 is 0.605 bits per heavy atom. The van der Waals surface area contributed by atoms with Gasteiger partial charge in [0.05, 0.1) is 165 Å². The molecule has 43 heavy (non-hydrogen) atoms. The molecule has 0 fully saturated rings. The van der Waals surface area contributed by atoms with Crippen LogP contribution < -0.4 is 0 Å². The van der Waals surface area contributed by atoms with Gasteiger partial charge in [-0.3, -0.25) is 0 Å². The van der Waals surface area contributed by atoms with Crippen molar-refractivity contribution in [3.63, 3.8) is 0 Å². The Morgan fingerprint density at radius 1 is 0.279 bits per heavy atom. The minimum Gasteiger partial charge on any atom is -0.378 e. The normalized spacial score (nSPS) is 11.3. The summed E-state index contributed by atoms with van der Waals surface area (Å²) >= 11 is 2.28. The lowest BCUT2D eigenvalue weighted by Crippen LogP contribution is -2.15. The Bertz CT molecular complexity index is 543. The highest BCUT2D eigenvalue weighted by molar-refractivity contribution is 14.1. The number of hydrogen-bond donors (Lipinski definition) is 0. The Labute approximate surface area is 272 Å². The van der Waals surface area contributed by atoms with Crippen molar-refractivity contribution in [2.24, 2.45) is 0 Å². The molecule has 0 atom stereocenters. The highest BCUT2D eigenvalue weighted by atomic mass is 127. The average Bonchev–Trinajstić information content (AvgIpc) is 3.02. The standard InChI is InChI=1S/C29H55IO13/c1-2-4-31-6-8-33-10-12-35-14-16-37-18-20-39-22-24-41-26-28-43-29-27-42-25-23-40-21-19-38-17-15-36-13-11-34-9-7-32-5-3-30/h1H,3-29H2. The number of halogens is 1. The maximum absolute atomic E-state index is 5.47. The quantitative estimate of drug-likeness (QED) is 0.0390. The van der Waals surface area contributed by atoms with Crippen LogP contribution >= 0.6 is 22.6 Å². The number of ether oxygens (including phenoxy) is 13. The van der Waals surface area contributed by atoms with Gasteiger partial charge in [-0.15, -0.1) is 6.42 Å². The van der Waals surface area contributed by atoms with E-state index in [2.05, 4.69) is 28.5 Å². The molecule has 0 spiro atoms. The fourth-order valence-corrected chi connectivity index (χ4v) is 3.14. The van der Waals surface area contributed by atoms with Gasteiger partial charge in [-0.2, -0.15) is 0 Å². The van der Waals surface area contributed by atoms with E-state index < -0.39 is 0 Å². The molecule has 0 aliphatic carbocycles. The first kappa shape index (κ1) is 42.8. The van der Waals surface area contributed by atoms with Crippen LogP contribution in [0.5, 0.6) is 0 Å². The topological polar surface area (TPSA) is 120 Å². The van der Waals surface area contributed by atoms with Crippen molar-refractivity contribution in [2.75, 3.05) is 176 Å². The lowest BCUT2D eigenvalue weighted by atomic mass is 10.6. The van der Waals surface area contributed by atoms with Crippen LogP contribution in [-0.4, -0.2) is 176 Å². The van der Waals surface area contributed by atoms with Gasteiger partial charge < -0.3 is 61.6 Å². The van der Waals surface area contributed by atoms with Gasteiger partial charge in [0.1, 0.15) is 6.61 Å². The molecular formula is C29H55IO13. The molecule has 0 amide bonds. The van der Waals surface area contributed by atoms with E-state index in [0.717, 1.165) is 11.0 Å². The van der Waals surface area contributed by atoms with Crippen molar-refractivity contribution >= 4 is 22.6 Å². The first-order chi connectivity index (χ1) is 21.4. The predicted molar refractivity (Wildman–Crippen MR) is 168 cm³/mol. The van der Waals surface area contributed by atoms with E-state index >= 15 is 0 Å². The van der Waals surface area contributed by atoms with Gasteiger partial charge in [0.2, 0.25) is 0 Å². The van der Waals surface area contributed by atoms with E-state index in [1.165, 1.54) is 0 Å². The molecule has 0 aliphatic rings. The molecule has 0 aromatic heterocycles. The molecule has 0 radical (unpaired) electrons. The second kappa shape index (κ2) is 41.8. The third-order valence-corrected chi connectivity index (χ3v) is 5.31. The minimum atomic E-state index is 0.308. The summed E-state index contributed by atoms with van der Waals surface area (Å²) in [6.07, 6.45) is 5.08. The van der Waals surface area contributed by atoms with Crippen molar-refractivity contribution < 1.29 is 61.6 Å².